The second-order valence-corrected chi connectivity index (χ2v) is 5.30. The van der Waals surface area contributed by atoms with Gasteiger partial charge in [0.15, 0.2) is 0 Å². The molecule has 0 bridgehead atoms. The van der Waals surface area contributed by atoms with Crippen molar-refractivity contribution in [3.63, 3.8) is 0 Å². The normalized spacial score (nSPS) is 18.2. The average Bonchev–Trinajstić information content (AvgIpc) is 2.10. The van der Waals surface area contributed by atoms with Crippen LogP contribution in [0.3, 0.4) is 0 Å². The third kappa shape index (κ3) is 2.52. The SMILES string of the molecule is C=C(N)C(C(C)C)N(C)C(=C)N1CC(C)C1. The monoisotopic (exact) mass is 223 g/mol. The Balaban J connectivity index is 2.64. The summed E-state index contributed by atoms with van der Waals surface area (Å²) in [6.45, 7) is 16.8. The van der Waals surface area contributed by atoms with Crippen molar-refractivity contribution >= 4 is 0 Å². The fraction of sp³-hybridized carbons (Fsp3) is 0.692. The minimum absolute atomic E-state index is 0.170. The Hall–Kier alpha value is -1.12. The van der Waals surface area contributed by atoms with Crippen LogP contribution in [-0.4, -0.2) is 36.0 Å². The second-order valence-electron chi connectivity index (χ2n) is 5.30. The predicted octanol–water partition coefficient (Wildman–Crippen LogP) is 1.84. The van der Waals surface area contributed by atoms with Gasteiger partial charge in [-0.15, -0.1) is 0 Å². The van der Waals surface area contributed by atoms with Gasteiger partial charge in [-0.05, 0) is 11.8 Å². The summed E-state index contributed by atoms with van der Waals surface area (Å²) in [5.41, 5.74) is 6.58. The maximum atomic E-state index is 5.87. The molecule has 1 rings (SSSR count). The molecule has 0 saturated carbocycles. The Morgan fingerprint density at radius 2 is 1.88 bits per heavy atom. The van der Waals surface area contributed by atoms with Gasteiger partial charge in [0.1, 0.15) is 0 Å². The largest absolute Gasteiger partial charge is 0.401 e. The van der Waals surface area contributed by atoms with Gasteiger partial charge in [-0.25, -0.2) is 0 Å². The Morgan fingerprint density at radius 1 is 1.38 bits per heavy atom. The van der Waals surface area contributed by atoms with E-state index in [0.29, 0.717) is 11.6 Å². The summed E-state index contributed by atoms with van der Waals surface area (Å²) in [5, 5.41) is 0. The Labute approximate surface area is 99.6 Å². The van der Waals surface area contributed by atoms with Gasteiger partial charge >= 0.3 is 0 Å². The summed E-state index contributed by atoms with van der Waals surface area (Å²) in [5.74, 6) is 2.28. The molecule has 1 aliphatic rings. The summed E-state index contributed by atoms with van der Waals surface area (Å²) in [6.07, 6.45) is 0. The lowest BCUT2D eigenvalue weighted by Gasteiger charge is -2.46. The molecule has 1 fully saturated rings. The van der Waals surface area contributed by atoms with Crippen LogP contribution in [0.4, 0.5) is 0 Å². The van der Waals surface area contributed by atoms with Gasteiger partial charge < -0.3 is 15.5 Å². The zero-order valence-electron chi connectivity index (χ0n) is 11.0. The molecule has 92 valence electrons. The van der Waals surface area contributed by atoms with Crippen molar-refractivity contribution < 1.29 is 0 Å². The lowest BCUT2D eigenvalue weighted by atomic mass is 9.99. The van der Waals surface area contributed by atoms with E-state index in [1.807, 2.05) is 7.05 Å². The fourth-order valence-corrected chi connectivity index (χ4v) is 2.42. The first-order chi connectivity index (χ1) is 7.34. The molecule has 0 radical (unpaired) electrons. The maximum absolute atomic E-state index is 5.87. The van der Waals surface area contributed by atoms with Crippen LogP contribution in [0.2, 0.25) is 0 Å². The maximum Gasteiger partial charge on any atom is 0.0968 e. The van der Waals surface area contributed by atoms with Crippen molar-refractivity contribution in [2.75, 3.05) is 20.1 Å². The number of likely N-dealkylation sites (N-methyl/N-ethyl adjacent to an activating group) is 1. The van der Waals surface area contributed by atoms with Crippen molar-refractivity contribution in [2.45, 2.75) is 26.8 Å². The average molecular weight is 223 g/mol. The summed E-state index contributed by atoms with van der Waals surface area (Å²) < 4.78 is 0. The number of nitrogens with two attached hydrogens (primary N) is 1. The molecule has 0 aromatic rings. The highest BCUT2D eigenvalue weighted by atomic mass is 15.4. The van der Waals surface area contributed by atoms with Crippen LogP contribution in [0.1, 0.15) is 20.8 Å². The van der Waals surface area contributed by atoms with E-state index in [1.165, 1.54) is 0 Å². The third-order valence-corrected chi connectivity index (χ3v) is 3.26. The fourth-order valence-electron chi connectivity index (χ4n) is 2.42. The number of nitrogens with zero attached hydrogens (tertiary/aromatic N) is 2. The molecule has 1 atom stereocenters. The first-order valence-corrected chi connectivity index (χ1v) is 5.95. The molecule has 0 aromatic carbocycles. The third-order valence-electron chi connectivity index (χ3n) is 3.26. The smallest absolute Gasteiger partial charge is 0.0968 e. The minimum Gasteiger partial charge on any atom is -0.401 e. The molecule has 1 heterocycles. The molecule has 0 amide bonds. The van der Waals surface area contributed by atoms with Crippen molar-refractivity contribution in [1.82, 2.24) is 9.80 Å². The Kier molecular flexibility index (Phi) is 3.89. The number of hydrogen-bond acceptors (Lipinski definition) is 3. The highest BCUT2D eigenvalue weighted by Gasteiger charge is 2.29. The van der Waals surface area contributed by atoms with Crippen LogP contribution < -0.4 is 5.73 Å². The van der Waals surface area contributed by atoms with Gasteiger partial charge in [0.05, 0.1) is 11.9 Å². The van der Waals surface area contributed by atoms with Crippen molar-refractivity contribution in [1.29, 1.82) is 0 Å². The first-order valence-electron chi connectivity index (χ1n) is 5.95. The molecule has 16 heavy (non-hydrogen) atoms. The molecule has 1 aliphatic heterocycles. The van der Waals surface area contributed by atoms with Crippen molar-refractivity contribution in [3.8, 4) is 0 Å². The highest BCUT2D eigenvalue weighted by Crippen LogP contribution is 2.25. The zero-order valence-corrected chi connectivity index (χ0v) is 11.0. The van der Waals surface area contributed by atoms with E-state index in [4.69, 9.17) is 5.73 Å². The Morgan fingerprint density at radius 3 is 2.19 bits per heavy atom. The van der Waals surface area contributed by atoms with Crippen molar-refractivity contribution in [3.05, 3.63) is 24.7 Å². The van der Waals surface area contributed by atoms with Crippen LogP contribution in [0.15, 0.2) is 24.7 Å². The molecule has 0 spiro atoms. The molecule has 1 saturated heterocycles. The molecule has 2 N–H and O–H groups in total. The van der Waals surface area contributed by atoms with E-state index >= 15 is 0 Å². The van der Waals surface area contributed by atoms with Crippen molar-refractivity contribution in [2.24, 2.45) is 17.6 Å². The van der Waals surface area contributed by atoms with Gasteiger partial charge in [-0.1, -0.05) is 33.9 Å². The van der Waals surface area contributed by atoms with Crippen LogP contribution in [0.25, 0.3) is 0 Å². The number of rotatable bonds is 5. The van der Waals surface area contributed by atoms with E-state index in [-0.39, 0.29) is 6.04 Å². The highest BCUT2D eigenvalue weighted by molar-refractivity contribution is 5.09. The van der Waals surface area contributed by atoms with E-state index < -0.39 is 0 Å². The second kappa shape index (κ2) is 4.81. The quantitative estimate of drug-likeness (QED) is 0.772. The van der Waals surface area contributed by atoms with Crippen LogP contribution in [0, 0.1) is 11.8 Å². The van der Waals surface area contributed by atoms with Gasteiger partial charge in [0.25, 0.3) is 0 Å². The first kappa shape index (κ1) is 12.9. The summed E-state index contributed by atoms with van der Waals surface area (Å²) in [4.78, 5) is 4.45. The molecule has 3 heteroatoms. The topological polar surface area (TPSA) is 32.5 Å². The van der Waals surface area contributed by atoms with E-state index in [2.05, 4.69) is 43.7 Å². The number of likely N-dealkylation sites (tertiary alicyclic amines) is 1. The lowest BCUT2D eigenvalue weighted by Crippen LogP contribution is -2.51. The summed E-state index contributed by atoms with van der Waals surface area (Å²) >= 11 is 0. The zero-order chi connectivity index (χ0) is 12.5. The lowest BCUT2D eigenvalue weighted by molar-refractivity contribution is 0.0938. The van der Waals surface area contributed by atoms with E-state index in [0.717, 1.165) is 24.8 Å². The van der Waals surface area contributed by atoms with Gasteiger partial charge in [0, 0.05) is 25.8 Å². The molecule has 3 nitrogen and oxygen atoms in total. The van der Waals surface area contributed by atoms with Gasteiger partial charge in [-0.3, -0.25) is 0 Å². The van der Waals surface area contributed by atoms with Gasteiger partial charge in [-0.2, -0.15) is 0 Å². The van der Waals surface area contributed by atoms with E-state index in [1.54, 1.807) is 0 Å². The molecule has 1 unspecified atom stereocenters. The minimum atomic E-state index is 0.170. The molecular formula is C13H25N3. The standard InChI is InChI=1S/C13H25N3/c1-9(2)13(11(4)14)15(6)12(5)16-7-10(3)8-16/h9-10,13H,4-5,7-8,14H2,1-3,6H3. The van der Waals surface area contributed by atoms with Crippen LogP contribution >= 0.6 is 0 Å². The number of hydrogen-bond donors (Lipinski definition) is 1. The van der Waals surface area contributed by atoms with Crippen LogP contribution in [0.5, 0.6) is 0 Å². The summed E-state index contributed by atoms with van der Waals surface area (Å²) in [6, 6.07) is 0.170. The predicted molar refractivity (Wildman–Crippen MR) is 69.6 cm³/mol. The van der Waals surface area contributed by atoms with Crippen LogP contribution in [-0.2, 0) is 0 Å². The summed E-state index contributed by atoms with van der Waals surface area (Å²) in [7, 11) is 2.05. The Bertz CT molecular complexity index is 277. The van der Waals surface area contributed by atoms with Gasteiger partial charge in [0.2, 0.25) is 0 Å². The van der Waals surface area contributed by atoms with E-state index in [9.17, 15) is 0 Å². The molecule has 0 aromatic heterocycles. The molecule has 0 aliphatic carbocycles. The molecular weight excluding hydrogens is 198 g/mol.